The number of nitrogens with zero attached hydrogens (tertiary/aromatic N) is 3. The van der Waals surface area contributed by atoms with Crippen molar-refractivity contribution in [2.24, 2.45) is 29.1 Å². The maximum atomic E-state index is 16.2. The van der Waals surface area contributed by atoms with E-state index in [0.29, 0.717) is 40.8 Å². The number of hydrogen-bond donors (Lipinski definition) is 5. The van der Waals surface area contributed by atoms with E-state index in [9.17, 15) is 28.6 Å². The van der Waals surface area contributed by atoms with Gasteiger partial charge in [0.1, 0.15) is 23.7 Å². The van der Waals surface area contributed by atoms with Crippen LogP contribution in [0.3, 0.4) is 0 Å². The van der Waals surface area contributed by atoms with Crippen LogP contribution < -0.4 is 25.0 Å². The monoisotopic (exact) mass is 865 g/mol. The molecule has 1 heterocycles. The molecule has 0 spiro atoms. The van der Waals surface area contributed by atoms with E-state index >= 15 is 4.39 Å². The molecular formula is C45H62FN6O8S-. The van der Waals surface area contributed by atoms with Gasteiger partial charge in [0.2, 0.25) is 5.91 Å². The number of anilines is 1. The van der Waals surface area contributed by atoms with Crippen molar-refractivity contribution in [3.05, 3.63) is 83.2 Å². The number of likely N-dealkylation sites (N-methyl/N-ethyl adjacent to an activating group) is 1. The Hall–Kier alpha value is -4.00. The highest BCUT2D eigenvalue weighted by Gasteiger charge is 2.57. The third-order valence-electron chi connectivity index (χ3n) is 13.5. The first-order valence-electron chi connectivity index (χ1n) is 20.9. The Bertz CT molecular complexity index is 2060. The average molecular weight is 866 g/mol. The van der Waals surface area contributed by atoms with Crippen molar-refractivity contribution in [1.29, 1.82) is 0 Å². The molecule has 14 nitrogen and oxygen atoms in total. The summed E-state index contributed by atoms with van der Waals surface area (Å²) < 4.78 is 48.7. The van der Waals surface area contributed by atoms with Crippen molar-refractivity contribution >= 4 is 28.8 Å². The van der Waals surface area contributed by atoms with Gasteiger partial charge in [-0.15, -0.1) is 0 Å². The minimum Gasteiger partial charge on any atom is -0.760 e. The molecule has 2 amide bonds. The SMILES string of the molecule is COc1c(-c2cc(C(=O)N[C@H](CN(C)C)[C@@H](NS(=O)[O-])c3ccccc3)cc(N(C)C)c2)ccc(F)c1CN1O[C@@H](CO)[C@@H]([C@H](C)O)[C@H]1C(=O)N[C@H]1C[C@H]2C[C@@H]([C@@H]1C)C2(C)C. The number of methoxy groups -OCH3 is 1. The highest BCUT2D eigenvalue weighted by atomic mass is 32.2. The number of benzene rings is 3. The van der Waals surface area contributed by atoms with Crippen LogP contribution in [0, 0.1) is 34.9 Å². The Morgan fingerprint density at radius 1 is 1.10 bits per heavy atom. The number of nitrogens with one attached hydrogen (secondary N) is 3. The molecule has 4 fully saturated rings. The zero-order valence-electron chi connectivity index (χ0n) is 36.6. The van der Waals surface area contributed by atoms with E-state index in [1.165, 1.54) is 18.2 Å². The summed E-state index contributed by atoms with van der Waals surface area (Å²) in [6.07, 6.45) is 0.00815. The zero-order chi connectivity index (χ0) is 44.5. The summed E-state index contributed by atoms with van der Waals surface area (Å²) in [6.45, 7) is 7.87. The second kappa shape index (κ2) is 19.2. The second-order valence-electron chi connectivity index (χ2n) is 18.1. The van der Waals surface area contributed by atoms with Crippen LogP contribution in [0.2, 0.25) is 0 Å². The van der Waals surface area contributed by atoms with E-state index in [0.717, 1.165) is 12.8 Å². The molecular weight excluding hydrogens is 804 g/mol. The normalized spacial score (nSPS) is 26.5. The van der Waals surface area contributed by atoms with Gasteiger partial charge in [0, 0.05) is 66.2 Å². The lowest BCUT2D eigenvalue weighted by molar-refractivity contribution is -0.183. The van der Waals surface area contributed by atoms with Gasteiger partial charge in [-0.2, -0.15) is 5.06 Å². The summed E-state index contributed by atoms with van der Waals surface area (Å²) in [6, 6.07) is 14.4. The van der Waals surface area contributed by atoms with E-state index in [1.54, 1.807) is 49.4 Å². The van der Waals surface area contributed by atoms with Gasteiger partial charge < -0.3 is 39.9 Å². The predicted molar refractivity (Wildman–Crippen MR) is 231 cm³/mol. The number of carbonyl (C=O) groups excluding carboxylic acids is 2. The van der Waals surface area contributed by atoms with Gasteiger partial charge in [0.05, 0.1) is 38.4 Å². The maximum absolute atomic E-state index is 16.2. The molecule has 1 aliphatic heterocycles. The number of amides is 2. The summed E-state index contributed by atoms with van der Waals surface area (Å²) in [7, 11) is 8.72. The minimum atomic E-state index is -2.64. The highest BCUT2D eigenvalue weighted by Crippen LogP contribution is 2.61. The molecule has 0 radical (unpaired) electrons. The first-order valence-corrected chi connectivity index (χ1v) is 22.0. The summed E-state index contributed by atoms with van der Waals surface area (Å²) >= 11 is -2.64. The molecule has 5 N–H and O–H groups in total. The van der Waals surface area contributed by atoms with E-state index in [-0.39, 0.29) is 46.7 Å². The Labute approximate surface area is 361 Å². The van der Waals surface area contributed by atoms with Crippen molar-refractivity contribution < 1.29 is 42.5 Å². The van der Waals surface area contributed by atoms with Crippen LogP contribution in [-0.2, 0) is 27.4 Å². The summed E-state index contributed by atoms with van der Waals surface area (Å²) in [5.41, 5.74) is 2.84. The average Bonchev–Trinajstić information content (AvgIpc) is 3.59. The Kier molecular flexibility index (Phi) is 14.6. The lowest BCUT2D eigenvalue weighted by Crippen LogP contribution is -2.62. The largest absolute Gasteiger partial charge is 0.760 e. The van der Waals surface area contributed by atoms with Crippen LogP contribution in [0.1, 0.15) is 68.1 Å². The lowest BCUT2D eigenvalue weighted by Gasteiger charge is -2.62. The standard InChI is InChI=1S/C45H63FN6O8S/c1-25-34-20-30(45(34,3)4)21-36(25)47-44(56)41-39(26(2)54)38(24-53)60-52(41)22-33-35(46)16-15-32(42(33)59-9)28-17-29(19-31(18-28)51(7)8)43(55)48-37(23-50(5)6)40(49-61(57)58)27-13-11-10-12-14-27/h10-19,25-26,30,34,36-41,49,53-54H,20-24H2,1-9H3,(H,47,56)(H,48,55)(H,57,58)/p-1/t25-,26-,30+,34-,36-,37+,38-,39+,40-,41-/m0/s1. The van der Waals surface area contributed by atoms with Crippen molar-refractivity contribution in [1.82, 2.24) is 25.3 Å². The fraction of sp³-hybridized carbons (Fsp3) is 0.556. The van der Waals surface area contributed by atoms with Gasteiger partial charge in [-0.05, 0) is 98.5 Å². The number of carbonyl (C=O) groups is 2. The smallest absolute Gasteiger partial charge is 0.251 e. The second-order valence-corrected chi connectivity index (χ2v) is 18.8. The van der Waals surface area contributed by atoms with Crippen LogP contribution in [0.15, 0.2) is 60.7 Å². The Morgan fingerprint density at radius 3 is 2.38 bits per heavy atom. The molecule has 16 heteroatoms. The number of fused-ring (bicyclic) bond motifs is 2. The van der Waals surface area contributed by atoms with Gasteiger partial charge in [-0.25, -0.2) is 9.11 Å². The molecule has 3 aromatic rings. The van der Waals surface area contributed by atoms with Gasteiger partial charge >= 0.3 is 0 Å². The summed E-state index contributed by atoms with van der Waals surface area (Å²) in [5.74, 6) is -0.923. The fourth-order valence-electron chi connectivity index (χ4n) is 10.0. The number of hydrogen-bond acceptors (Lipinski definition) is 11. The third-order valence-corrected chi connectivity index (χ3v) is 13.9. The van der Waals surface area contributed by atoms with Crippen LogP contribution in [0.5, 0.6) is 5.75 Å². The fourth-order valence-corrected chi connectivity index (χ4v) is 10.5. The number of rotatable bonds is 17. The van der Waals surface area contributed by atoms with Crippen LogP contribution >= 0.6 is 0 Å². The maximum Gasteiger partial charge on any atom is 0.251 e. The molecule has 4 aliphatic rings. The topological polar surface area (TPSA) is 179 Å². The quantitative estimate of drug-likeness (QED) is 0.124. The predicted octanol–water partition coefficient (Wildman–Crippen LogP) is 4.01. The van der Waals surface area contributed by atoms with Gasteiger partial charge in [0.15, 0.2) is 0 Å². The van der Waals surface area contributed by atoms with Gasteiger partial charge in [0.25, 0.3) is 5.91 Å². The number of aliphatic hydroxyl groups is 2. The van der Waals surface area contributed by atoms with Gasteiger partial charge in [-0.1, -0.05) is 51.1 Å². The van der Waals surface area contributed by atoms with Gasteiger partial charge in [-0.3, -0.25) is 18.6 Å². The minimum absolute atomic E-state index is 0.0736. The van der Waals surface area contributed by atoms with E-state index in [2.05, 4.69) is 36.1 Å². The number of ether oxygens (including phenoxy) is 1. The van der Waals surface area contributed by atoms with Crippen molar-refractivity contribution in [3.8, 4) is 16.9 Å². The molecule has 3 aromatic carbocycles. The van der Waals surface area contributed by atoms with E-state index < -0.39 is 65.8 Å². The summed E-state index contributed by atoms with van der Waals surface area (Å²) in [5, 5.41) is 29.0. The van der Waals surface area contributed by atoms with Crippen molar-refractivity contribution in [3.63, 3.8) is 0 Å². The molecule has 3 saturated carbocycles. The van der Waals surface area contributed by atoms with E-state index in [1.807, 2.05) is 50.1 Å². The lowest BCUT2D eigenvalue weighted by atomic mass is 9.45. The van der Waals surface area contributed by atoms with Crippen molar-refractivity contribution in [2.75, 3.05) is 53.4 Å². The zero-order valence-corrected chi connectivity index (χ0v) is 37.4. The van der Waals surface area contributed by atoms with Crippen LogP contribution in [0.25, 0.3) is 11.1 Å². The molecule has 11 atom stereocenters. The van der Waals surface area contributed by atoms with E-state index in [4.69, 9.17) is 9.57 Å². The molecule has 1 unspecified atom stereocenters. The van der Waals surface area contributed by atoms with Crippen molar-refractivity contribution in [2.45, 2.75) is 83.5 Å². The Balaban J connectivity index is 1.33. The highest BCUT2D eigenvalue weighted by molar-refractivity contribution is 7.77. The molecule has 3 aliphatic carbocycles. The number of aliphatic hydroxyl groups excluding tert-OH is 2. The third kappa shape index (κ3) is 9.81. The first-order chi connectivity index (χ1) is 28.9. The molecule has 7 rings (SSSR count). The molecule has 0 aromatic heterocycles. The molecule has 61 heavy (non-hydrogen) atoms. The Morgan fingerprint density at radius 2 is 1.80 bits per heavy atom. The molecule has 1 saturated heterocycles. The summed E-state index contributed by atoms with van der Waals surface area (Å²) in [4.78, 5) is 38.4. The number of hydroxylamine groups is 2. The molecule has 334 valence electrons. The molecule has 2 bridgehead atoms. The number of halogens is 1. The van der Waals surface area contributed by atoms with Crippen LogP contribution in [-0.4, -0.2) is 120 Å². The van der Waals surface area contributed by atoms with Crippen LogP contribution in [0.4, 0.5) is 10.1 Å². The first kappa shape index (κ1) is 46.5.